The van der Waals surface area contributed by atoms with Crippen LogP contribution in [0.2, 0.25) is 10.0 Å². The molecule has 0 saturated heterocycles. The number of halogens is 2. The predicted octanol–water partition coefficient (Wildman–Crippen LogP) is 3.97. The van der Waals surface area contributed by atoms with Crippen molar-refractivity contribution in [3.05, 3.63) is 52.6 Å². The molecular formula is C14H11Cl2N5. The van der Waals surface area contributed by atoms with Crippen LogP contribution in [0.3, 0.4) is 0 Å². The van der Waals surface area contributed by atoms with Gasteiger partial charge in [0.25, 0.3) is 0 Å². The van der Waals surface area contributed by atoms with Crippen LogP contribution in [0.1, 0.15) is 0 Å². The molecule has 4 N–H and O–H groups in total. The highest BCUT2D eigenvalue weighted by Gasteiger charge is 2.10. The highest BCUT2D eigenvalue weighted by Crippen LogP contribution is 2.32. The normalized spacial score (nSPS) is 10.6. The second-order valence-electron chi connectivity index (χ2n) is 4.30. The Morgan fingerprint density at radius 3 is 2.57 bits per heavy atom. The van der Waals surface area contributed by atoms with Crippen LogP contribution in [-0.4, -0.2) is 9.97 Å². The zero-order valence-electron chi connectivity index (χ0n) is 10.8. The largest absolute Gasteiger partial charge is 0.337 e. The Morgan fingerprint density at radius 2 is 1.76 bits per heavy atom. The molecule has 0 aliphatic heterocycles. The highest BCUT2D eigenvalue weighted by atomic mass is 35.5. The number of hydrogen-bond acceptors (Lipinski definition) is 5. The molecule has 0 atom stereocenters. The van der Waals surface area contributed by atoms with Crippen LogP contribution in [0.15, 0.2) is 42.6 Å². The van der Waals surface area contributed by atoms with Crippen molar-refractivity contribution >= 4 is 51.4 Å². The van der Waals surface area contributed by atoms with Gasteiger partial charge in [0.1, 0.15) is 0 Å². The van der Waals surface area contributed by atoms with E-state index in [0.29, 0.717) is 21.7 Å². The highest BCUT2D eigenvalue weighted by molar-refractivity contribution is 6.37. The van der Waals surface area contributed by atoms with E-state index in [9.17, 15) is 0 Å². The van der Waals surface area contributed by atoms with Gasteiger partial charge in [-0.25, -0.2) is 10.8 Å². The van der Waals surface area contributed by atoms with E-state index in [1.165, 1.54) is 0 Å². The first kappa shape index (κ1) is 13.9. The van der Waals surface area contributed by atoms with E-state index in [4.69, 9.17) is 29.0 Å². The second kappa shape index (κ2) is 5.73. The molecule has 0 saturated carbocycles. The number of rotatable bonds is 3. The Hall–Kier alpha value is -2.08. The summed E-state index contributed by atoms with van der Waals surface area (Å²) in [7, 11) is 0. The van der Waals surface area contributed by atoms with Crippen molar-refractivity contribution in [2.45, 2.75) is 0 Å². The van der Waals surface area contributed by atoms with Gasteiger partial charge in [0.05, 0.1) is 21.2 Å². The van der Waals surface area contributed by atoms with E-state index in [1.54, 1.807) is 12.3 Å². The lowest BCUT2D eigenvalue weighted by Gasteiger charge is -2.12. The number of nitrogens with two attached hydrogens (primary N) is 1. The third-order valence-electron chi connectivity index (χ3n) is 2.95. The maximum absolute atomic E-state index is 6.16. The molecule has 0 amide bonds. The summed E-state index contributed by atoms with van der Waals surface area (Å²) in [5, 5.41) is 4.92. The van der Waals surface area contributed by atoms with Gasteiger partial charge in [-0.05, 0) is 18.2 Å². The molecule has 5 nitrogen and oxygen atoms in total. The number of para-hydroxylation sites is 1. The molecule has 21 heavy (non-hydrogen) atoms. The van der Waals surface area contributed by atoms with Gasteiger partial charge in [-0.2, -0.15) is 0 Å². The van der Waals surface area contributed by atoms with Gasteiger partial charge in [-0.1, -0.05) is 41.4 Å². The van der Waals surface area contributed by atoms with Gasteiger partial charge in [-0.15, -0.1) is 0 Å². The number of hydrogen-bond donors (Lipinski definition) is 3. The number of fused-ring (bicyclic) bond motifs is 1. The molecule has 3 rings (SSSR count). The Kier molecular flexibility index (Phi) is 3.79. The number of anilines is 3. The van der Waals surface area contributed by atoms with Crippen molar-refractivity contribution in [3.63, 3.8) is 0 Å². The molecule has 0 aliphatic rings. The zero-order valence-corrected chi connectivity index (χ0v) is 12.3. The summed E-state index contributed by atoms with van der Waals surface area (Å²) in [4.78, 5) is 8.62. The number of nitrogens with zero attached hydrogens (tertiary/aromatic N) is 2. The second-order valence-corrected chi connectivity index (χ2v) is 5.11. The van der Waals surface area contributed by atoms with Crippen LogP contribution in [0.4, 0.5) is 17.3 Å². The average molecular weight is 320 g/mol. The topological polar surface area (TPSA) is 75.9 Å². The molecule has 0 radical (unpaired) electrons. The standard InChI is InChI=1S/C14H11Cl2N5/c15-9-7-10(16)14(21-17)20-13(9)19-11-5-1-3-8-4-2-6-18-12(8)11/h1-7H,17H2,(H2,19,20,21). The lowest BCUT2D eigenvalue weighted by atomic mass is 10.2. The zero-order chi connectivity index (χ0) is 14.8. The molecule has 106 valence electrons. The monoisotopic (exact) mass is 319 g/mol. The summed E-state index contributed by atoms with van der Waals surface area (Å²) in [5.74, 6) is 6.17. The van der Waals surface area contributed by atoms with Crippen LogP contribution in [0, 0.1) is 0 Å². The minimum Gasteiger partial charge on any atom is -0.337 e. The summed E-state index contributed by atoms with van der Waals surface area (Å²) in [5.41, 5.74) is 4.06. The number of benzene rings is 1. The molecular weight excluding hydrogens is 309 g/mol. The summed E-state index contributed by atoms with van der Waals surface area (Å²) >= 11 is 12.1. The third-order valence-corrected chi connectivity index (χ3v) is 3.53. The lowest BCUT2D eigenvalue weighted by Crippen LogP contribution is -2.10. The summed E-state index contributed by atoms with van der Waals surface area (Å²) < 4.78 is 0. The van der Waals surface area contributed by atoms with Crippen molar-refractivity contribution in [2.24, 2.45) is 5.84 Å². The molecule has 7 heteroatoms. The Labute approximate surface area is 131 Å². The molecule has 0 bridgehead atoms. The van der Waals surface area contributed by atoms with Gasteiger partial charge >= 0.3 is 0 Å². The van der Waals surface area contributed by atoms with Gasteiger partial charge in [0.15, 0.2) is 11.6 Å². The van der Waals surface area contributed by atoms with Crippen molar-refractivity contribution in [2.75, 3.05) is 10.7 Å². The molecule has 2 aromatic heterocycles. The number of hydrazine groups is 1. The molecule has 0 spiro atoms. The number of nitrogens with one attached hydrogen (secondary N) is 2. The van der Waals surface area contributed by atoms with E-state index >= 15 is 0 Å². The fraction of sp³-hybridized carbons (Fsp3) is 0. The van der Waals surface area contributed by atoms with E-state index in [1.807, 2.05) is 30.3 Å². The summed E-state index contributed by atoms with van der Waals surface area (Å²) in [6.45, 7) is 0. The summed E-state index contributed by atoms with van der Waals surface area (Å²) in [6.07, 6.45) is 1.73. The van der Waals surface area contributed by atoms with E-state index in [0.717, 1.165) is 16.6 Å². The van der Waals surface area contributed by atoms with Crippen LogP contribution < -0.4 is 16.6 Å². The first-order chi connectivity index (χ1) is 10.2. The number of aromatic nitrogens is 2. The molecule has 2 heterocycles. The van der Waals surface area contributed by atoms with Crippen molar-refractivity contribution < 1.29 is 0 Å². The fourth-order valence-electron chi connectivity index (χ4n) is 1.99. The molecule has 0 unspecified atom stereocenters. The summed E-state index contributed by atoms with van der Waals surface area (Å²) in [6, 6.07) is 11.3. The Balaban J connectivity index is 2.07. The van der Waals surface area contributed by atoms with Crippen LogP contribution in [0.25, 0.3) is 10.9 Å². The SMILES string of the molecule is NNc1nc(Nc2cccc3cccnc23)c(Cl)cc1Cl. The smallest absolute Gasteiger partial charge is 0.161 e. The Bertz CT molecular complexity index is 801. The van der Waals surface area contributed by atoms with E-state index < -0.39 is 0 Å². The lowest BCUT2D eigenvalue weighted by molar-refractivity contribution is 1.22. The van der Waals surface area contributed by atoms with Crippen LogP contribution in [-0.2, 0) is 0 Å². The molecule has 0 aliphatic carbocycles. The molecule has 3 aromatic rings. The van der Waals surface area contributed by atoms with Gasteiger partial charge < -0.3 is 10.7 Å². The minimum absolute atomic E-state index is 0.344. The number of nitrogen functional groups attached to an aromatic ring is 1. The van der Waals surface area contributed by atoms with E-state index in [-0.39, 0.29) is 0 Å². The third kappa shape index (κ3) is 2.71. The average Bonchev–Trinajstić information content (AvgIpc) is 2.50. The van der Waals surface area contributed by atoms with Crippen molar-refractivity contribution in [1.82, 2.24) is 9.97 Å². The minimum atomic E-state index is 0.344. The predicted molar refractivity (Wildman–Crippen MR) is 87.1 cm³/mol. The number of pyridine rings is 2. The van der Waals surface area contributed by atoms with Crippen molar-refractivity contribution in [3.8, 4) is 0 Å². The van der Waals surface area contributed by atoms with Gasteiger partial charge in [-0.3, -0.25) is 4.98 Å². The van der Waals surface area contributed by atoms with E-state index in [2.05, 4.69) is 20.7 Å². The first-order valence-corrected chi connectivity index (χ1v) is 6.88. The fourth-order valence-corrected chi connectivity index (χ4v) is 2.45. The van der Waals surface area contributed by atoms with Crippen molar-refractivity contribution in [1.29, 1.82) is 0 Å². The quantitative estimate of drug-likeness (QED) is 0.503. The first-order valence-electron chi connectivity index (χ1n) is 6.12. The maximum atomic E-state index is 6.16. The van der Waals surface area contributed by atoms with Gasteiger partial charge in [0, 0.05) is 11.6 Å². The Morgan fingerprint density at radius 1 is 1.00 bits per heavy atom. The van der Waals surface area contributed by atoms with Crippen LogP contribution in [0.5, 0.6) is 0 Å². The maximum Gasteiger partial charge on any atom is 0.161 e. The van der Waals surface area contributed by atoms with Crippen LogP contribution >= 0.6 is 23.2 Å². The molecule has 0 fully saturated rings. The molecule has 1 aromatic carbocycles. The van der Waals surface area contributed by atoms with Gasteiger partial charge in [0.2, 0.25) is 0 Å².